The smallest absolute Gasteiger partial charge is 0.224 e. The molecule has 2 aromatic carbocycles. The van der Waals surface area contributed by atoms with Gasteiger partial charge in [-0.15, -0.1) is 0 Å². The topological polar surface area (TPSA) is 38.3 Å². The van der Waals surface area contributed by atoms with Crippen LogP contribution in [0.15, 0.2) is 48.5 Å². The number of halogens is 1. The van der Waals surface area contributed by atoms with Gasteiger partial charge in [0, 0.05) is 17.9 Å². The molecule has 23 heavy (non-hydrogen) atoms. The van der Waals surface area contributed by atoms with E-state index in [0.29, 0.717) is 30.2 Å². The molecule has 0 fully saturated rings. The van der Waals surface area contributed by atoms with E-state index in [2.05, 4.69) is 11.6 Å². The molecule has 0 saturated heterocycles. The van der Waals surface area contributed by atoms with E-state index in [1.54, 1.807) is 17.8 Å². The lowest BCUT2D eigenvalue weighted by atomic mass is 10.2. The number of rotatable bonds is 8. The van der Waals surface area contributed by atoms with Gasteiger partial charge in [0.1, 0.15) is 5.75 Å². The van der Waals surface area contributed by atoms with Crippen molar-refractivity contribution in [2.45, 2.75) is 18.6 Å². The minimum absolute atomic E-state index is 0.00891. The van der Waals surface area contributed by atoms with Crippen molar-refractivity contribution in [3.8, 4) is 5.75 Å². The van der Waals surface area contributed by atoms with Crippen LogP contribution in [-0.2, 0) is 10.5 Å². The fourth-order valence-electron chi connectivity index (χ4n) is 2.05. The Bertz CT molecular complexity index is 631. The predicted octanol–water partition coefficient (Wildman–Crippen LogP) is 5.00. The van der Waals surface area contributed by atoms with Crippen LogP contribution in [0.2, 0.25) is 5.02 Å². The fraction of sp³-hybridized carbons (Fsp3) is 0.278. The van der Waals surface area contributed by atoms with Crippen LogP contribution in [0.5, 0.6) is 5.75 Å². The van der Waals surface area contributed by atoms with E-state index in [9.17, 15) is 4.79 Å². The highest BCUT2D eigenvalue weighted by molar-refractivity contribution is 7.97. The molecule has 1 amide bonds. The van der Waals surface area contributed by atoms with Crippen LogP contribution in [0.25, 0.3) is 0 Å². The Labute approximate surface area is 146 Å². The molecule has 0 aromatic heterocycles. The Kier molecular flexibility index (Phi) is 7.30. The lowest BCUT2D eigenvalue weighted by molar-refractivity contribution is -0.116. The number of anilines is 1. The molecule has 1 N–H and O–H groups in total. The molecule has 0 aliphatic rings. The Balaban J connectivity index is 1.70. The first-order valence-electron chi connectivity index (χ1n) is 7.44. The van der Waals surface area contributed by atoms with Crippen LogP contribution < -0.4 is 10.1 Å². The average Bonchev–Trinajstić information content (AvgIpc) is 2.55. The van der Waals surface area contributed by atoms with Crippen LogP contribution >= 0.6 is 23.4 Å². The zero-order chi connectivity index (χ0) is 16.5. The third-order valence-corrected chi connectivity index (χ3v) is 4.13. The van der Waals surface area contributed by atoms with Crippen LogP contribution in [0.3, 0.4) is 0 Å². The maximum Gasteiger partial charge on any atom is 0.224 e. The third-order valence-electron chi connectivity index (χ3n) is 3.19. The normalized spacial score (nSPS) is 10.3. The number of para-hydroxylation sites is 1. The highest BCUT2D eigenvalue weighted by Gasteiger charge is 2.04. The number of hydrogen-bond donors (Lipinski definition) is 1. The molecular formula is C18H20ClNO2S. The number of benzene rings is 2. The molecule has 0 bridgehead atoms. The number of amides is 1. The van der Waals surface area contributed by atoms with Gasteiger partial charge >= 0.3 is 0 Å². The molecule has 5 heteroatoms. The summed E-state index contributed by atoms with van der Waals surface area (Å²) < 4.78 is 5.57. The van der Waals surface area contributed by atoms with E-state index in [-0.39, 0.29) is 5.91 Å². The minimum atomic E-state index is -0.00891. The second-order valence-corrected chi connectivity index (χ2v) is 6.33. The lowest BCUT2D eigenvalue weighted by Gasteiger charge is -2.08. The van der Waals surface area contributed by atoms with Gasteiger partial charge in [-0.05, 0) is 42.5 Å². The Morgan fingerprint density at radius 1 is 1.17 bits per heavy atom. The van der Waals surface area contributed by atoms with Crippen molar-refractivity contribution in [3.63, 3.8) is 0 Å². The molecule has 0 radical (unpaired) electrons. The Hall–Kier alpha value is -1.65. The monoisotopic (exact) mass is 349 g/mol. The van der Waals surface area contributed by atoms with Crippen molar-refractivity contribution in [1.82, 2.24) is 0 Å². The van der Waals surface area contributed by atoms with Gasteiger partial charge in [0.2, 0.25) is 5.91 Å². The van der Waals surface area contributed by atoms with E-state index in [0.717, 1.165) is 11.4 Å². The number of nitrogens with one attached hydrogen (secondary N) is 1. The summed E-state index contributed by atoms with van der Waals surface area (Å²) in [6, 6.07) is 15.3. The van der Waals surface area contributed by atoms with Crippen molar-refractivity contribution in [2.24, 2.45) is 0 Å². The highest BCUT2D eigenvalue weighted by atomic mass is 35.5. The summed E-state index contributed by atoms with van der Waals surface area (Å²) in [5.41, 5.74) is 2.08. The first-order valence-corrected chi connectivity index (χ1v) is 9.21. The summed E-state index contributed by atoms with van der Waals surface area (Å²) in [6.07, 6.45) is 3.12. The molecule has 0 atom stereocenters. The standard InChI is InChI=1S/C18H20ClNO2S/c1-23-13-14-8-10-15(11-9-14)20-18(21)7-4-12-22-17-6-3-2-5-16(17)19/h2-3,5-6,8-11H,4,7,12-13H2,1H3,(H,20,21). The molecule has 3 nitrogen and oxygen atoms in total. The Morgan fingerprint density at radius 3 is 2.61 bits per heavy atom. The zero-order valence-electron chi connectivity index (χ0n) is 13.0. The van der Waals surface area contributed by atoms with Crippen LogP contribution in [0.1, 0.15) is 18.4 Å². The first-order chi connectivity index (χ1) is 11.2. The van der Waals surface area contributed by atoms with E-state index in [1.165, 1.54) is 5.56 Å². The van der Waals surface area contributed by atoms with Crippen LogP contribution in [0.4, 0.5) is 5.69 Å². The molecule has 122 valence electrons. The van der Waals surface area contributed by atoms with Crippen molar-refractivity contribution in [3.05, 3.63) is 59.1 Å². The lowest BCUT2D eigenvalue weighted by Crippen LogP contribution is -2.12. The SMILES string of the molecule is CSCc1ccc(NC(=O)CCCOc2ccccc2Cl)cc1. The maximum atomic E-state index is 11.9. The fourth-order valence-corrected chi connectivity index (χ4v) is 2.77. The van der Waals surface area contributed by atoms with Gasteiger partial charge in [-0.1, -0.05) is 35.9 Å². The van der Waals surface area contributed by atoms with Gasteiger partial charge in [-0.2, -0.15) is 11.8 Å². The molecule has 2 rings (SSSR count). The predicted molar refractivity (Wildman–Crippen MR) is 98.5 cm³/mol. The molecule has 0 aliphatic carbocycles. The average molecular weight is 350 g/mol. The van der Waals surface area contributed by atoms with Gasteiger partial charge in [0.15, 0.2) is 0 Å². The highest BCUT2D eigenvalue weighted by Crippen LogP contribution is 2.23. The van der Waals surface area contributed by atoms with Gasteiger partial charge in [0.25, 0.3) is 0 Å². The second kappa shape index (κ2) is 9.48. The Morgan fingerprint density at radius 2 is 1.91 bits per heavy atom. The van der Waals surface area contributed by atoms with E-state index >= 15 is 0 Å². The number of ether oxygens (including phenoxy) is 1. The summed E-state index contributed by atoms with van der Waals surface area (Å²) in [4.78, 5) is 11.9. The zero-order valence-corrected chi connectivity index (χ0v) is 14.6. The van der Waals surface area contributed by atoms with Gasteiger partial charge in [0.05, 0.1) is 11.6 Å². The van der Waals surface area contributed by atoms with Crippen molar-refractivity contribution < 1.29 is 9.53 Å². The van der Waals surface area contributed by atoms with Crippen LogP contribution in [-0.4, -0.2) is 18.8 Å². The first kappa shape index (κ1) is 17.7. The second-order valence-electron chi connectivity index (χ2n) is 5.06. The molecule has 0 heterocycles. The van der Waals surface area contributed by atoms with Crippen molar-refractivity contribution in [1.29, 1.82) is 0 Å². The van der Waals surface area contributed by atoms with Crippen molar-refractivity contribution >= 4 is 35.0 Å². The number of thioether (sulfide) groups is 1. The van der Waals surface area contributed by atoms with Gasteiger partial charge in [-0.25, -0.2) is 0 Å². The summed E-state index contributed by atoms with van der Waals surface area (Å²) in [5, 5.41) is 3.48. The molecule has 2 aromatic rings. The number of carbonyl (C=O) groups is 1. The third kappa shape index (κ3) is 6.16. The van der Waals surface area contributed by atoms with Crippen molar-refractivity contribution in [2.75, 3.05) is 18.2 Å². The summed E-state index contributed by atoms with van der Waals surface area (Å²) >= 11 is 7.78. The summed E-state index contributed by atoms with van der Waals surface area (Å²) in [5.74, 6) is 1.62. The van der Waals surface area contributed by atoms with Crippen LogP contribution in [0, 0.1) is 0 Å². The summed E-state index contributed by atoms with van der Waals surface area (Å²) in [7, 11) is 0. The number of hydrogen-bond acceptors (Lipinski definition) is 3. The van der Waals surface area contributed by atoms with E-state index < -0.39 is 0 Å². The minimum Gasteiger partial charge on any atom is -0.492 e. The molecule has 0 aliphatic heterocycles. The van der Waals surface area contributed by atoms with E-state index in [1.807, 2.05) is 42.5 Å². The maximum absolute atomic E-state index is 11.9. The summed E-state index contributed by atoms with van der Waals surface area (Å²) in [6.45, 7) is 0.462. The quantitative estimate of drug-likeness (QED) is 0.681. The van der Waals surface area contributed by atoms with E-state index in [4.69, 9.17) is 16.3 Å². The molecule has 0 spiro atoms. The number of carbonyl (C=O) groups excluding carboxylic acids is 1. The largest absolute Gasteiger partial charge is 0.492 e. The molecular weight excluding hydrogens is 330 g/mol. The van der Waals surface area contributed by atoms with Gasteiger partial charge in [-0.3, -0.25) is 4.79 Å². The van der Waals surface area contributed by atoms with Gasteiger partial charge < -0.3 is 10.1 Å². The molecule has 0 unspecified atom stereocenters. The molecule has 0 saturated carbocycles.